The van der Waals surface area contributed by atoms with Crippen molar-refractivity contribution >= 4 is 50.9 Å². The van der Waals surface area contributed by atoms with Gasteiger partial charge in [-0.05, 0) is 0 Å². The summed E-state index contributed by atoms with van der Waals surface area (Å²) in [6.45, 7) is 0. The molecule has 72 valence electrons. The van der Waals surface area contributed by atoms with Crippen molar-refractivity contribution in [3.8, 4) is 0 Å². The van der Waals surface area contributed by atoms with E-state index in [4.69, 9.17) is 0 Å². The van der Waals surface area contributed by atoms with Crippen LogP contribution in [-0.4, -0.2) is 50.9 Å². The summed E-state index contributed by atoms with van der Waals surface area (Å²) < 4.78 is 26.1. The Kier molecular flexibility index (Phi) is 2.46. The van der Waals surface area contributed by atoms with Gasteiger partial charge >= 0.3 is 87.3 Å². The third kappa shape index (κ3) is 2.07. The van der Waals surface area contributed by atoms with E-state index in [1.54, 1.807) is 0 Å². The van der Waals surface area contributed by atoms with E-state index in [2.05, 4.69) is 22.0 Å². The first-order valence-corrected chi connectivity index (χ1v) is 7.63. The molecule has 0 aliphatic carbocycles. The van der Waals surface area contributed by atoms with Gasteiger partial charge in [0.25, 0.3) is 0 Å². The van der Waals surface area contributed by atoms with E-state index in [9.17, 15) is 14.4 Å². The third-order valence-electron chi connectivity index (χ3n) is 1.15. The Hall–Kier alpha value is -1.02. The molecule has 2 rings (SSSR count). The molecule has 0 spiro atoms. The van der Waals surface area contributed by atoms with E-state index in [-0.39, 0.29) is 0 Å². The summed E-state index contributed by atoms with van der Waals surface area (Å²) in [6, 6.07) is 0. The second-order valence-electron chi connectivity index (χ2n) is 2.03. The molecule has 2 aliphatic rings. The van der Waals surface area contributed by atoms with Gasteiger partial charge in [0.05, 0.1) is 0 Å². The fourth-order valence-corrected chi connectivity index (χ4v) is 2.83. The van der Waals surface area contributed by atoms with Gasteiger partial charge in [-0.1, -0.05) is 0 Å². The van der Waals surface area contributed by atoms with E-state index in [1.165, 1.54) is 0 Å². The first-order valence-electron chi connectivity index (χ1n) is 3.25. The third-order valence-corrected chi connectivity index (χ3v) is 4.73. The van der Waals surface area contributed by atoms with Crippen LogP contribution in [-0.2, 0) is 22.0 Å². The van der Waals surface area contributed by atoms with Crippen molar-refractivity contribution in [1.29, 1.82) is 0 Å². The quantitative estimate of drug-likeness (QED) is 0.613. The van der Waals surface area contributed by atoms with Crippen LogP contribution in [0.1, 0.15) is 0 Å². The van der Waals surface area contributed by atoms with Gasteiger partial charge in [0.15, 0.2) is 0 Å². The molecule has 2 saturated heterocycles. The average Bonchev–Trinajstić information content (AvgIpc) is 1.98. The molecule has 2 aliphatic heterocycles. The molecule has 11 heteroatoms. The number of rotatable bonds is 2. The maximum atomic E-state index is 10.8. The van der Waals surface area contributed by atoms with Crippen molar-refractivity contribution in [1.82, 2.24) is 0 Å². The number of hydrogen-bond donors (Lipinski definition) is 0. The van der Waals surface area contributed by atoms with E-state index < -0.39 is 50.9 Å². The van der Waals surface area contributed by atoms with Crippen molar-refractivity contribution in [3.05, 3.63) is 0 Å². The van der Waals surface area contributed by atoms with Gasteiger partial charge in [-0.15, -0.1) is 0 Å². The molecule has 2 heterocycles. The van der Waals surface area contributed by atoms with E-state index in [0.717, 1.165) is 0 Å². The van der Waals surface area contributed by atoms with Crippen molar-refractivity contribution in [2.75, 3.05) is 0 Å². The summed E-state index contributed by atoms with van der Waals surface area (Å²) in [5.41, 5.74) is 0. The molecule has 0 bridgehead atoms. The van der Waals surface area contributed by atoms with Crippen LogP contribution < -0.4 is 0 Å². The van der Waals surface area contributed by atoms with Gasteiger partial charge in [0.1, 0.15) is 0 Å². The van der Waals surface area contributed by atoms with Crippen LogP contribution in [0, 0.1) is 0 Å². The molecule has 0 N–H and O–H groups in total. The Bertz CT molecular complexity index is 258. The summed E-state index contributed by atoms with van der Waals surface area (Å²) >= 11 is -5.79. The van der Waals surface area contributed by atoms with E-state index >= 15 is 0 Å². The Labute approximate surface area is 87.4 Å². The minimum absolute atomic E-state index is 0.869. The molecule has 0 atom stereocenters. The van der Waals surface area contributed by atoms with Crippen molar-refractivity contribution in [2.45, 2.75) is 0 Å². The summed E-state index contributed by atoms with van der Waals surface area (Å²) in [4.78, 5) is 31.0. The van der Waals surface area contributed by atoms with Crippen LogP contribution in [0.25, 0.3) is 0 Å². The van der Waals surface area contributed by atoms with Crippen LogP contribution in [0.2, 0.25) is 0 Å². The topological polar surface area (TPSA) is 107 Å². The zero-order chi connectivity index (χ0) is 10.1. The summed E-state index contributed by atoms with van der Waals surface area (Å²) in [7, 11) is 0. The number of carbonyl (C=O) groups is 3. The van der Waals surface area contributed by atoms with E-state index in [1.807, 2.05) is 0 Å². The molecule has 2 fully saturated rings. The summed E-state index contributed by atoms with van der Waals surface area (Å²) in [5, 5.41) is 0. The molecule has 0 radical (unpaired) electrons. The van der Waals surface area contributed by atoms with Crippen LogP contribution in [0.4, 0.5) is 14.4 Å². The van der Waals surface area contributed by atoms with Gasteiger partial charge in [-0.3, -0.25) is 0 Å². The Morgan fingerprint density at radius 2 is 1.86 bits per heavy atom. The van der Waals surface area contributed by atoms with Gasteiger partial charge in [0.2, 0.25) is 0 Å². The predicted octanol–water partition coefficient (Wildman–Crippen LogP) is -0.557. The van der Waals surface area contributed by atoms with Gasteiger partial charge in [-0.2, -0.15) is 0 Å². The van der Waals surface area contributed by atoms with Crippen molar-refractivity contribution < 1.29 is 36.3 Å². The molecule has 14 heavy (non-hydrogen) atoms. The molecular weight excluding hydrogens is 277 g/mol. The summed E-state index contributed by atoms with van der Waals surface area (Å²) in [6.07, 6.45) is -2.87. The number of carbonyl (C=O) groups excluding carboxylic acids is 3. The standard InChI is InChI=1S/3CH2O3.Al.Ga/c3*2-1(3)4;;/h3*(H2,2,3,4);;/q;;;2*+3/p-6. The zero-order valence-electron chi connectivity index (χ0n) is 6.33. The van der Waals surface area contributed by atoms with Gasteiger partial charge in [0, 0.05) is 0 Å². The molecule has 0 aromatic carbocycles. The number of hydrogen-bond acceptors (Lipinski definition) is 9. The average molecular weight is 277 g/mol. The monoisotopic (exact) mass is 276 g/mol. The zero-order valence-corrected chi connectivity index (χ0v) is 9.91. The first kappa shape index (κ1) is 9.53. The molecule has 0 aromatic heterocycles. The van der Waals surface area contributed by atoms with Crippen LogP contribution in [0.3, 0.4) is 0 Å². The predicted molar refractivity (Wildman–Crippen MR) is 34.2 cm³/mol. The molecule has 0 aromatic rings. The van der Waals surface area contributed by atoms with Crippen LogP contribution in [0.5, 0.6) is 0 Å². The minimum atomic E-state index is -3.12. The fraction of sp³-hybridized carbons (Fsp3) is 0. The molecule has 0 unspecified atom stereocenters. The Balaban J connectivity index is 1.64. The fourth-order valence-electron chi connectivity index (χ4n) is 0.613. The van der Waals surface area contributed by atoms with Crippen LogP contribution in [0.15, 0.2) is 0 Å². The summed E-state index contributed by atoms with van der Waals surface area (Å²) in [5.74, 6) is 0. The Morgan fingerprint density at radius 3 is 2.36 bits per heavy atom. The van der Waals surface area contributed by atoms with Crippen LogP contribution >= 0.6 is 0 Å². The maximum absolute atomic E-state index is 10.8. The van der Waals surface area contributed by atoms with E-state index in [0.29, 0.717) is 0 Å². The van der Waals surface area contributed by atoms with Gasteiger partial charge in [-0.25, -0.2) is 0 Å². The second kappa shape index (κ2) is 3.62. The van der Waals surface area contributed by atoms with Gasteiger partial charge < -0.3 is 0 Å². The second-order valence-corrected chi connectivity index (χ2v) is 6.01. The Morgan fingerprint density at radius 1 is 1.21 bits per heavy atom. The normalized spacial score (nSPS) is 17.7. The molecule has 9 nitrogen and oxygen atoms in total. The SMILES string of the molecule is O=C1[O][Al]([O]C(=O)[O][Ga]2[O]C(=O)[O]2)[O]1. The van der Waals surface area contributed by atoms with Crippen molar-refractivity contribution in [3.63, 3.8) is 0 Å². The molecule has 0 amide bonds. The first-order chi connectivity index (χ1) is 6.63. The van der Waals surface area contributed by atoms with Crippen molar-refractivity contribution in [2.24, 2.45) is 0 Å². The molecular formula is C3AlGaO9. The molecule has 0 saturated carbocycles.